The molecule has 2 nitrogen and oxygen atoms in total. The van der Waals surface area contributed by atoms with E-state index >= 15 is 0 Å². The third-order valence-corrected chi connectivity index (χ3v) is 1.98. The van der Waals surface area contributed by atoms with Crippen LogP contribution in [0.25, 0.3) is 0 Å². The van der Waals surface area contributed by atoms with E-state index in [9.17, 15) is 0 Å². The average Bonchev–Trinajstić information content (AvgIpc) is 1.96. The van der Waals surface area contributed by atoms with Gasteiger partial charge >= 0.3 is 0 Å². The van der Waals surface area contributed by atoms with Crippen molar-refractivity contribution in [2.24, 2.45) is 5.73 Å². The Balaban J connectivity index is 0.000001000. The van der Waals surface area contributed by atoms with Gasteiger partial charge in [0.05, 0.1) is 0 Å². The third kappa shape index (κ3) is 2.56. The first-order valence-electron chi connectivity index (χ1n) is 3.50. The average molecular weight is 175 g/mol. The molecule has 0 aliphatic heterocycles. The van der Waals surface area contributed by atoms with E-state index in [-0.39, 0.29) is 17.9 Å². The molecule has 1 aliphatic carbocycles. The van der Waals surface area contributed by atoms with Crippen LogP contribution in [0, 0.1) is 0 Å². The van der Waals surface area contributed by atoms with Crippen LogP contribution in [0.2, 0.25) is 0 Å². The fourth-order valence-corrected chi connectivity index (χ4v) is 0.931. The smallest absolute Gasteiger partial charge is 0.0372 e. The molecule has 0 fully saturated rings. The van der Waals surface area contributed by atoms with Crippen LogP contribution in [-0.2, 0) is 0 Å². The minimum Gasteiger partial charge on any atom is -0.399 e. The maximum absolute atomic E-state index is 5.56. The lowest BCUT2D eigenvalue weighted by molar-refractivity contribution is 0.479. The van der Waals surface area contributed by atoms with Crippen LogP contribution in [0.3, 0.4) is 0 Å². The monoisotopic (exact) mass is 174 g/mol. The Kier molecular flexibility index (Phi) is 3.63. The SMILES string of the molecule is CNC1(C)C=CC(N)=CC1.Cl. The van der Waals surface area contributed by atoms with Gasteiger partial charge in [0.2, 0.25) is 0 Å². The fraction of sp³-hybridized carbons (Fsp3) is 0.500. The second-order valence-corrected chi connectivity index (χ2v) is 2.91. The maximum atomic E-state index is 5.56. The molecule has 1 unspecified atom stereocenters. The standard InChI is InChI=1S/C8H14N2.ClH/c1-8(10-2)5-3-7(9)4-6-8;/h3-5,10H,6,9H2,1-2H3;1H. The number of hydrogen-bond donors (Lipinski definition) is 2. The summed E-state index contributed by atoms with van der Waals surface area (Å²) < 4.78 is 0. The lowest BCUT2D eigenvalue weighted by atomic mass is 9.93. The molecule has 0 saturated carbocycles. The number of rotatable bonds is 1. The molecular formula is C8H15ClN2. The van der Waals surface area contributed by atoms with Gasteiger partial charge < -0.3 is 11.1 Å². The van der Waals surface area contributed by atoms with E-state index in [1.54, 1.807) is 0 Å². The number of nitrogens with one attached hydrogen (secondary N) is 1. The molecular weight excluding hydrogens is 160 g/mol. The lowest BCUT2D eigenvalue weighted by Crippen LogP contribution is -2.38. The molecule has 3 heteroatoms. The van der Waals surface area contributed by atoms with Gasteiger partial charge in [0.25, 0.3) is 0 Å². The van der Waals surface area contributed by atoms with Crippen LogP contribution in [-0.4, -0.2) is 12.6 Å². The summed E-state index contributed by atoms with van der Waals surface area (Å²) in [4.78, 5) is 0. The first-order valence-corrected chi connectivity index (χ1v) is 3.50. The Morgan fingerprint density at radius 2 is 2.27 bits per heavy atom. The van der Waals surface area contributed by atoms with Crippen molar-refractivity contribution in [1.82, 2.24) is 5.32 Å². The Morgan fingerprint density at radius 1 is 1.64 bits per heavy atom. The van der Waals surface area contributed by atoms with Gasteiger partial charge in [0, 0.05) is 11.2 Å². The Morgan fingerprint density at radius 3 is 2.64 bits per heavy atom. The number of hydrogen-bond acceptors (Lipinski definition) is 2. The normalized spacial score (nSPS) is 29.1. The van der Waals surface area contributed by atoms with Crippen molar-refractivity contribution < 1.29 is 0 Å². The molecule has 0 heterocycles. The van der Waals surface area contributed by atoms with Gasteiger partial charge in [0.15, 0.2) is 0 Å². The van der Waals surface area contributed by atoms with Crippen LogP contribution in [0.4, 0.5) is 0 Å². The predicted octanol–water partition coefficient (Wildman–Crippen LogP) is 1.19. The van der Waals surface area contributed by atoms with Crippen molar-refractivity contribution in [2.45, 2.75) is 18.9 Å². The van der Waals surface area contributed by atoms with Gasteiger partial charge in [-0.15, -0.1) is 12.4 Å². The zero-order valence-corrected chi connectivity index (χ0v) is 7.74. The van der Waals surface area contributed by atoms with Crippen molar-refractivity contribution in [1.29, 1.82) is 0 Å². The molecule has 3 N–H and O–H groups in total. The molecule has 1 rings (SSSR count). The molecule has 0 saturated heterocycles. The largest absolute Gasteiger partial charge is 0.399 e. The van der Waals surface area contributed by atoms with Crippen LogP contribution in [0.15, 0.2) is 23.9 Å². The molecule has 0 radical (unpaired) electrons. The Bertz CT molecular complexity index is 187. The summed E-state index contributed by atoms with van der Waals surface area (Å²) in [6.45, 7) is 2.15. The molecule has 1 aliphatic rings. The van der Waals surface area contributed by atoms with Gasteiger partial charge in [-0.1, -0.05) is 12.2 Å². The third-order valence-electron chi connectivity index (χ3n) is 1.98. The van der Waals surface area contributed by atoms with Crippen molar-refractivity contribution in [2.75, 3.05) is 7.05 Å². The molecule has 11 heavy (non-hydrogen) atoms. The second-order valence-electron chi connectivity index (χ2n) is 2.91. The van der Waals surface area contributed by atoms with Crippen LogP contribution >= 0.6 is 12.4 Å². The minimum absolute atomic E-state index is 0. The lowest BCUT2D eigenvalue weighted by Gasteiger charge is -2.26. The number of likely N-dealkylation sites (N-methyl/N-ethyl adjacent to an activating group) is 1. The molecule has 0 amide bonds. The Labute approximate surface area is 74.0 Å². The predicted molar refractivity (Wildman–Crippen MR) is 50.7 cm³/mol. The van der Waals surface area contributed by atoms with E-state index in [1.807, 2.05) is 19.2 Å². The molecule has 1 atom stereocenters. The maximum Gasteiger partial charge on any atom is 0.0372 e. The fourth-order valence-electron chi connectivity index (χ4n) is 0.931. The molecule has 0 bridgehead atoms. The number of halogens is 1. The molecule has 0 spiro atoms. The molecule has 64 valence electrons. The second kappa shape index (κ2) is 3.79. The summed E-state index contributed by atoms with van der Waals surface area (Å²) in [6, 6.07) is 0. The van der Waals surface area contributed by atoms with Crippen molar-refractivity contribution >= 4 is 12.4 Å². The summed E-state index contributed by atoms with van der Waals surface area (Å²) in [5, 5.41) is 3.21. The highest BCUT2D eigenvalue weighted by Gasteiger charge is 2.18. The van der Waals surface area contributed by atoms with Gasteiger partial charge in [-0.2, -0.15) is 0 Å². The first-order chi connectivity index (χ1) is 4.66. The highest BCUT2D eigenvalue weighted by Crippen LogP contribution is 2.17. The van der Waals surface area contributed by atoms with Crippen molar-refractivity contribution in [3.63, 3.8) is 0 Å². The van der Waals surface area contributed by atoms with Crippen LogP contribution in [0.5, 0.6) is 0 Å². The molecule has 0 aromatic heterocycles. The summed E-state index contributed by atoms with van der Waals surface area (Å²) >= 11 is 0. The highest BCUT2D eigenvalue weighted by atomic mass is 35.5. The van der Waals surface area contributed by atoms with Crippen molar-refractivity contribution in [3.8, 4) is 0 Å². The van der Waals surface area contributed by atoms with Gasteiger partial charge in [0.1, 0.15) is 0 Å². The zero-order chi connectivity index (χ0) is 7.61. The number of allylic oxidation sites excluding steroid dienone is 1. The zero-order valence-electron chi connectivity index (χ0n) is 6.92. The van der Waals surface area contributed by atoms with Crippen LogP contribution in [0.1, 0.15) is 13.3 Å². The highest BCUT2D eigenvalue weighted by molar-refractivity contribution is 5.85. The van der Waals surface area contributed by atoms with Gasteiger partial charge in [-0.05, 0) is 26.5 Å². The van der Waals surface area contributed by atoms with Gasteiger partial charge in [-0.25, -0.2) is 0 Å². The van der Waals surface area contributed by atoms with Crippen molar-refractivity contribution in [3.05, 3.63) is 23.9 Å². The Hall–Kier alpha value is -0.470. The number of nitrogens with two attached hydrogens (primary N) is 1. The quantitative estimate of drug-likeness (QED) is 0.627. The molecule has 0 aromatic rings. The summed E-state index contributed by atoms with van der Waals surface area (Å²) in [5.74, 6) is 0. The van der Waals surface area contributed by atoms with E-state index in [0.717, 1.165) is 12.1 Å². The van der Waals surface area contributed by atoms with Gasteiger partial charge in [-0.3, -0.25) is 0 Å². The van der Waals surface area contributed by atoms with E-state index in [2.05, 4.69) is 18.3 Å². The minimum atomic E-state index is 0. The first kappa shape index (κ1) is 10.5. The molecule has 0 aromatic carbocycles. The van der Waals surface area contributed by atoms with E-state index in [0.29, 0.717) is 0 Å². The topological polar surface area (TPSA) is 38.0 Å². The summed E-state index contributed by atoms with van der Waals surface area (Å²) in [6.07, 6.45) is 7.06. The van der Waals surface area contributed by atoms with E-state index in [1.165, 1.54) is 0 Å². The van der Waals surface area contributed by atoms with E-state index < -0.39 is 0 Å². The van der Waals surface area contributed by atoms with Crippen LogP contribution < -0.4 is 11.1 Å². The summed E-state index contributed by atoms with van der Waals surface area (Å²) in [5.41, 5.74) is 6.54. The summed E-state index contributed by atoms with van der Waals surface area (Å²) in [7, 11) is 1.96. The van der Waals surface area contributed by atoms with E-state index in [4.69, 9.17) is 5.73 Å².